The summed E-state index contributed by atoms with van der Waals surface area (Å²) in [4.78, 5) is 36.0. The molecule has 0 fully saturated rings. The van der Waals surface area contributed by atoms with Crippen molar-refractivity contribution in [2.75, 3.05) is 4.90 Å². The predicted molar refractivity (Wildman–Crippen MR) is 175 cm³/mol. The third-order valence-electron chi connectivity index (χ3n) is 8.64. The summed E-state index contributed by atoms with van der Waals surface area (Å²) in [6.07, 6.45) is 3.75. The molecule has 2 aromatic heterocycles. The summed E-state index contributed by atoms with van der Waals surface area (Å²) in [6, 6.07) is 36.4. The number of anilines is 3. The zero-order valence-electron chi connectivity index (χ0n) is 23.7. The highest BCUT2D eigenvalue weighted by Gasteiger charge is 2.39. The van der Waals surface area contributed by atoms with Gasteiger partial charge >= 0.3 is 0 Å². The molecule has 5 heteroatoms. The lowest BCUT2D eigenvalue weighted by Crippen LogP contribution is -2.17. The van der Waals surface area contributed by atoms with Gasteiger partial charge in [-0.1, -0.05) is 74.5 Å². The van der Waals surface area contributed by atoms with Crippen LogP contribution >= 0.6 is 11.3 Å². The molecular weight excluding hydrogens is 548 g/mol. The van der Waals surface area contributed by atoms with Gasteiger partial charge < -0.3 is 0 Å². The molecule has 8 rings (SSSR count). The van der Waals surface area contributed by atoms with Gasteiger partial charge in [0.25, 0.3) is 0 Å². The number of aromatic nitrogens is 1. The smallest absolute Gasteiger partial charge is 0.197 e. The minimum atomic E-state index is -0.279. The number of carbonyl (C=O) groups excluding carboxylic acids is 2. The third kappa shape index (κ3) is 3.93. The molecule has 6 aromatic rings. The molecule has 0 saturated carbocycles. The van der Waals surface area contributed by atoms with E-state index in [0.29, 0.717) is 11.1 Å². The summed E-state index contributed by atoms with van der Waals surface area (Å²) >= 11 is 1.61. The normalized spacial score (nSPS) is 14.5. The van der Waals surface area contributed by atoms with Crippen molar-refractivity contribution >= 4 is 56.9 Å². The van der Waals surface area contributed by atoms with Crippen LogP contribution < -0.4 is 4.90 Å². The monoisotopic (exact) mass is 574 g/mol. The molecule has 4 aromatic carbocycles. The number of carbonyl (C=O) groups is 2. The van der Waals surface area contributed by atoms with E-state index in [0.717, 1.165) is 43.3 Å². The quantitative estimate of drug-likeness (QED) is 0.155. The number of hydrogen-bond acceptors (Lipinski definition) is 5. The van der Waals surface area contributed by atoms with E-state index in [4.69, 9.17) is 4.98 Å². The summed E-state index contributed by atoms with van der Waals surface area (Å²) in [5, 5.41) is 1.92. The van der Waals surface area contributed by atoms with Gasteiger partial charge in [0.1, 0.15) is 5.82 Å². The molecule has 0 aliphatic heterocycles. The SMILES string of the molecule is CC1(C)c2cc(N(c3ccccc3)c3ccccc3)ncc2-c2sc(C=C3C(=O)c4cc5ccccc5cc4C3=O)cc21. The molecule has 0 amide bonds. The first kappa shape index (κ1) is 25.6. The van der Waals surface area contributed by atoms with Crippen molar-refractivity contribution in [2.24, 2.45) is 0 Å². The van der Waals surface area contributed by atoms with Gasteiger partial charge in [-0.15, -0.1) is 11.3 Å². The molecule has 4 nitrogen and oxygen atoms in total. The number of Topliss-reactive ketones (excluding diaryl/α,β-unsaturated/α-hetero) is 2. The summed E-state index contributed by atoms with van der Waals surface area (Å²) in [5.41, 5.74) is 6.51. The summed E-state index contributed by atoms with van der Waals surface area (Å²) in [6.45, 7) is 4.46. The molecular formula is C38H26N2O2S. The van der Waals surface area contributed by atoms with Crippen LogP contribution in [0.25, 0.3) is 27.3 Å². The van der Waals surface area contributed by atoms with Crippen LogP contribution in [0.2, 0.25) is 0 Å². The average Bonchev–Trinajstić information content (AvgIpc) is 3.63. The van der Waals surface area contributed by atoms with Crippen molar-refractivity contribution in [1.82, 2.24) is 4.98 Å². The van der Waals surface area contributed by atoms with Crippen molar-refractivity contribution < 1.29 is 9.59 Å². The standard InChI is InChI=1S/C38H26N2O2S/c1-38(2)32-21-34(40(25-13-5-3-6-14-25)26-15-7-4-8-16-26)39-22-31(32)37-33(38)20-27(43-37)19-30-35(41)28-17-23-11-9-10-12-24(23)18-29(28)36(30)42/h3-22H,1-2H3. The Morgan fingerprint density at radius 3 is 1.81 bits per heavy atom. The Morgan fingerprint density at radius 2 is 1.23 bits per heavy atom. The van der Waals surface area contributed by atoms with Crippen LogP contribution in [-0.2, 0) is 5.41 Å². The van der Waals surface area contributed by atoms with Crippen LogP contribution in [0.5, 0.6) is 0 Å². The van der Waals surface area contributed by atoms with Gasteiger partial charge in [0.15, 0.2) is 11.6 Å². The number of hydrogen-bond donors (Lipinski definition) is 0. The molecule has 0 radical (unpaired) electrons. The first-order valence-electron chi connectivity index (χ1n) is 14.3. The number of nitrogens with zero attached hydrogens (tertiary/aromatic N) is 2. The molecule has 0 saturated heterocycles. The Morgan fingerprint density at radius 1 is 0.674 bits per heavy atom. The number of ketones is 2. The van der Waals surface area contributed by atoms with Crippen molar-refractivity contribution in [3.8, 4) is 10.4 Å². The number of benzene rings is 4. The lowest BCUT2D eigenvalue weighted by Gasteiger charge is -2.27. The number of allylic oxidation sites excluding steroid dienone is 1. The number of para-hydroxylation sites is 2. The Labute approximate surface area is 253 Å². The first-order chi connectivity index (χ1) is 20.9. The van der Waals surface area contributed by atoms with Crippen molar-refractivity contribution in [1.29, 1.82) is 0 Å². The molecule has 0 spiro atoms. The van der Waals surface area contributed by atoms with Crippen molar-refractivity contribution in [2.45, 2.75) is 19.3 Å². The minimum Gasteiger partial charge on any atom is -0.295 e. The van der Waals surface area contributed by atoms with Crippen LogP contribution in [-0.4, -0.2) is 16.6 Å². The van der Waals surface area contributed by atoms with E-state index >= 15 is 0 Å². The Hall–Kier alpha value is -5.13. The molecule has 0 unspecified atom stereocenters. The number of pyridine rings is 1. The van der Waals surface area contributed by atoms with Crippen molar-refractivity contribution in [3.05, 3.63) is 148 Å². The second-order valence-electron chi connectivity index (χ2n) is 11.6. The predicted octanol–water partition coefficient (Wildman–Crippen LogP) is 9.53. The maximum absolute atomic E-state index is 13.4. The van der Waals surface area contributed by atoms with Gasteiger partial charge in [-0.3, -0.25) is 14.5 Å². The molecule has 206 valence electrons. The van der Waals surface area contributed by atoms with Crippen LogP contribution in [0.4, 0.5) is 17.2 Å². The fourth-order valence-corrected chi connectivity index (χ4v) is 7.69. The largest absolute Gasteiger partial charge is 0.295 e. The summed E-state index contributed by atoms with van der Waals surface area (Å²) in [5.74, 6) is 0.452. The van der Waals surface area contributed by atoms with Gasteiger partial charge in [-0.2, -0.15) is 0 Å². The minimum absolute atomic E-state index is 0.202. The summed E-state index contributed by atoms with van der Waals surface area (Å²) < 4.78 is 0. The second-order valence-corrected chi connectivity index (χ2v) is 12.7. The zero-order valence-corrected chi connectivity index (χ0v) is 24.5. The molecule has 2 aliphatic rings. The van der Waals surface area contributed by atoms with E-state index in [1.807, 2.05) is 79.0 Å². The topological polar surface area (TPSA) is 50.3 Å². The number of thiophene rings is 1. The Kier molecular flexibility index (Phi) is 5.62. The third-order valence-corrected chi connectivity index (χ3v) is 9.76. The van der Waals surface area contributed by atoms with Gasteiger partial charge in [0, 0.05) is 49.4 Å². The highest BCUT2D eigenvalue weighted by atomic mass is 32.1. The highest BCUT2D eigenvalue weighted by molar-refractivity contribution is 7.16. The fourth-order valence-electron chi connectivity index (χ4n) is 6.41. The van der Waals surface area contributed by atoms with E-state index in [1.165, 1.54) is 11.1 Å². The zero-order chi connectivity index (χ0) is 29.3. The fraction of sp³-hybridized carbons (Fsp3) is 0.0789. The number of fused-ring (bicyclic) bond motifs is 5. The highest BCUT2D eigenvalue weighted by Crippen LogP contribution is 2.53. The van der Waals surface area contributed by atoms with E-state index in [9.17, 15) is 9.59 Å². The van der Waals surface area contributed by atoms with E-state index < -0.39 is 0 Å². The molecule has 0 N–H and O–H groups in total. The van der Waals surface area contributed by atoms with Gasteiger partial charge in [0.05, 0.1) is 5.57 Å². The Balaban J connectivity index is 1.19. The van der Waals surface area contributed by atoms with Crippen LogP contribution in [0.15, 0.2) is 121 Å². The molecule has 2 heterocycles. The molecule has 0 bridgehead atoms. The molecule has 0 atom stereocenters. The maximum atomic E-state index is 13.4. The van der Waals surface area contributed by atoms with E-state index in [-0.39, 0.29) is 22.6 Å². The van der Waals surface area contributed by atoms with E-state index in [1.54, 1.807) is 17.4 Å². The lowest BCUT2D eigenvalue weighted by atomic mass is 9.83. The summed E-state index contributed by atoms with van der Waals surface area (Å²) in [7, 11) is 0. The molecule has 43 heavy (non-hydrogen) atoms. The molecule has 2 aliphatic carbocycles. The van der Waals surface area contributed by atoms with Crippen LogP contribution in [0, 0.1) is 0 Å². The Bertz CT molecular complexity index is 2050. The number of rotatable bonds is 4. The van der Waals surface area contributed by atoms with Crippen molar-refractivity contribution in [3.63, 3.8) is 0 Å². The average molecular weight is 575 g/mol. The van der Waals surface area contributed by atoms with Crippen LogP contribution in [0.1, 0.15) is 50.6 Å². The van der Waals surface area contributed by atoms with Gasteiger partial charge in [-0.05, 0) is 76.5 Å². The first-order valence-corrected chi connectivity index (χ1v) is 15.1. The van der Waals surface area contributed by atoms with Crippen LogP contribution in [0.3, 0.4) is 0 Å². The maximum Gasteiger partial charge on any atom is 0.197 e. The van der Waals surface area contributed by atoms with Gasteiger partial charge in [-0.25, -0.2) is 4.98 Å². The second kappa shape index (κ2) is 9.45. The lowest BCUT2D eigenvalue weighted by molar-refractivity contribution is 0.0990. The van der Waals surface area contributed by atoms with Gasteiger partial charge in [0.2, 0.25) is 0 Å². The van der Waals surface area contributed by atoms with E-state index in [2.05, 4.69) is 55.1 Å².